The van der Waals surface area contributed by atoms with Crippen molar-refractivity contribution in [1.29, 1.82) is 0 Å². The summed E-state index contributed by atoms with van der Waals surface area (Å²) in [5, 5.41) is 3.96. The van der Waals surface area contributed by atoms with Crippen molar-refractivity contribution in [2.45, 2.75) is 53.7 Å². The molecule has 0 N–H and O–H groups in total. The van der Waals surface area contributed by atoms with E-state index < -0.39 is 0 Å². The van der Waals surface area contributed by atoms with Crippen molar-refractivity contribution < 1.29 is 28.3 Å². The molecule has 0 saturated heterocycles. The van der Waals surface area contributed by atoms with Gasteiger partial charge in [-0.15, -0.1) is 0 Å². The second kappa shape index (κ2) is 12.9. The van der Waals surface area contributed by atoms with Crippen molar-refractivity contribution in [1.82, 2.24) is 10.1 Å². The predicted octanol–water partition coefficient (Wildman–Crippen LogP) is 5.73. The van der Waals surface area contributed by atoms with Gasteiger partial charge in [0.05, 0.1) is 32.1 Å². The maximum absolute atomic E-state index is 13.5. The number of carbonyl (C=O) groups excluding carboxylic acids is 1. The fraction of sp³-hybridized carbons (Fsp3) is 0.429. The van der Waals surface area contributed by atoms with E-state index in [-0.39, 0.29) is 5.91 Å². The van der Waals surface area contributed by atoms with E-state index in [2.05, 4.69) is 19.0 Å². The highest BCUT2D eigenvalue weighted by Crippen LogP contribution is 2.31. The first-order valence-corrected chi connectivity index (χ1v) is 12.2. The normalized spacial score (nSPS) is 10.7. The number of hydrogen-bond donors (Lipinski definition) is 0. The predicted molar refractivity (Wildman–Crippen MR) is 137 cm³/mol. The van der Waals surface area contributed by atoms with Crippen LogP contribution in [0.25, 0.3) is 0 Å². The van der Waals surface area contributed by atoms with E-state index in [1.165, 1.54) is 0 Å². The minimum atomic E-state index is -0.0855. The van der Waals surface area contributed by atoms with E-state index >= 15 is 0 Å². The first kappa shape index (κ1) is 26.9. The SMILES string of the molecule is CCCOc1ccc(CN(CCC)C(=O)c2ccc(OCc3c(C)noc3C)c(OC)c2)cc1OC. The Kier molecular flexibility index (Phi) is 9.61. The molecule has 0 radical (unpaired) electrons. The van der Waals surface area contributed by atoms with Gasteiger partial charge < -0.3 is 28.4 Å². The van der Waals surface area contributed by atoms with Gasteiger partial charge >= 0.3 is 0 Å². The Hall–Kier alpha value is -3.68. The van der Waals surface area contributed by atoms with Gasteiger partial charge in [0, 0.05) is 18.7 Å². The van der Waals surface area contributed by atoms with Crippen LogP contribution >= 0.6 is 0 Å². The van der Waals surface area contributed by atoms with Crippen LogP contribution < -0.4 is 18.9 Å². The summed E-state index contributed by atoms with van der Waals surface area (Å²) in [5.41, 5.74) is 3.17. The zero-order valence-corrected chi connectivity index (χ0v) is 22.1. The van der Waals surface area contributed by atoms with Gasteiger partial charge in [-0.05, 0) is 62.6 Å². The first-order valence-electron chi connectivity index (χ1n) is 12.2. The summed E-state index contributed by atoms with van der Waals surface area (Å²) in [6.45, 7) is 9.81. The molecule has 0 aliphatic rings. The summed E-state index contributed by atoms with van der Waals surface area (Å²) in [6.07, 6.45) is 1.74. The minimum absolute atomic E-state index is 0.0855. The molecule has 0 atom stereocenters. The highest BCUT2D eigenvalue weighted by atomic mass is 16.5. The molecule has 0 spiro atoms. The molecule has 194 valence electrons. The molecular weight excluding hydrogens is 460 g/mol. The van der Waals surface area contributed by atoms with Crippen LogP contribution in [-0.2, 0) is 13.2 Å². The van der Waals surface area contributed by atoms with Gasteiger partial charge in [-0.2, -0.15) is 0 Å². The molecular formula is C28H36N2O6. The van der Waals surface area contributed by atoms with Gasteiger partial charge in [0.1, 0.15) is 12.4 Å². The number of carbonyl (C=O) groups is 1. The van der Waals surface area contributed by atoms with Gasteiger partial charge in [0.15, 0.2) is 23.0 Å². The average Bonchev–Trinajstić information content (AvgIpc) is 3.22. The van der Waals surface area contributed by atoms with Crippen molar-refractivity contribution in [2.75, 3.05) is 27.4 Å². The average molecular weight is 497 g/mol. The molecule has 36 heavy (non-hydrogen) atoms. The second-order valence-electron chi connectivity index (χ2n) is 8.52. The molecule has 3 aromatic rings. The number of ether oxygens (including phenoxy) is 4. The Balaban J connectivity index is 1.77. The number of amides is 1. The summed E-state index contributed by atoms with van der Waals surface area (Å²) >= 11 is 0. The first-order chi connectivity index (χ1) is 17.4. The van der Waals surface area contributed by atoms with Crippen molar-refractivity contribution in [3.63, 3.8) is 0 Å². The van der Waals surface area contributed by atoms with Gasteiger partial charge in [0.25, 0.3) is 5.91 Å². The van der Waals surface area contributed by atoms with Crippen LogP contribution in [0.4, 0.5) is 0 Å². The smallest absolute Gasteiger partial charge is 0.254 e. The lowest BCUT2D eigenvalue weighted by molar-refractivity contribution is 0.0742. The largest absolute Gasteiger partial charge is 0.493 e. The molecule has 1 amide bonds. The number of methoxy groups -OCH3 is 2. The van der Waals surface area contributed by atoms with Crippen LogP contribution in [-0.4, -0.2) is 43.3 Å². The van der Waals surface area contributed by atoms with Crippen molar-refractivity contribution >= 4 is 5.91 Å². The van der Waals surface area contributed by atoms with E-state index in [0.717, 1.165) is 35.4 Å². The Morgan fingerprint density at radius 2 is 1.61 bits per heavy atom. The third-order valence-electron chi connectivity index (χ3n) is 5.81. The number of hydrogen-bond acceptors (Lipinski definition) is 7. The molecule has 0 saturated carbocycles. The summed E-state index contributed by atoms with van der Waals surface area (Å²) in [7, 11) is 3.18. The summed E-state index contributed by atoms with van der Waals surface area (Å²) < 4.78 is 28.0. The molecule has 0 aliphatic carbocycles. The number of nitrogens with zero attached hydrogens (tertiary/aromatic N) is 2. The van der Waals surface area contributed by atoms with Crippen molar-refractivity contribution in [3.8, 4) is 23.0 Å². The Morgan fingerprint density at radius 1 is 0.917 bits per heavy atom. The molecule has 0 fully saturated rings. The second-order valence-corrected chi connectivity index (χ2v) is 8.52. The third kappa shape index (κ3) is 6.50. The number of aromatic nitrogens is 1. The van der Waals surface area contributed by atoms with Crippen LogP contribution in [0.2, 0.25) is 0 Å². The molecule has 0 bridgehead atoms. The maximum Gasteiger partial charge on any atom is 0.254 e. The standard InChI is InChI=1S/C28H36N2O6/c1-7-13-30(17-21-9-11-24(34-14-8-2)26(15-21)32-5)28(31)22-10-12-25(27(16-22)33-6)35-18-23-19(3)29-36-20(23)4/h9-12,15-16H,7-8,13-14,17-18H2,1-6H3. The topological polar surface area (TPSA) is 83.3 Å². The highest BCUT2D eigenvalue weighted by molar-refractivity contribution is 5.95. The highest BCUT2D eigenvalue weighted by Gasteiger charge is 2.19. The third-order valence-corrected chi connectivity index (χ3v) is 5.81. The maximum atomic E-state index is 13.5. The summed E-state index contributed by atoms with van der Waals surface area (Å²) in [5.74, 6) is 3.03. The zero-order valence-electron chi connectivity index (χ0n) is 22.1. The van der Waals surface area contributed by atoms with E-state index in [0.29, 0.717) is 54.9 Å². The molecule has 2 aromatic carbocycles. The molecule has 8 nitrogen and oxygen atoms in total. The lowest BCUT2D eigenvalue weighted by Gasteiger charge is -2.23. The fourth-order valence-electron chi connectivity index (χ4n) is 3.84. The fourth-order valence-corrected chi connectivity index (χ4v) is 3.84. The van der Waals surface area contributed by atoms with E-state index in [1.807, 2.05) is 36.9 Å². The van der Waals surface area contributed by atoms with Gasteiger partial charge in [0.2, 0.25) is 0 Å². The minimum Gasteiger partial charge on any atom is -0.493 e. The molecule has 0 aliphatic heterocycles. The van der Waals surface area contributed by atoms with Crippen LogP contribution in [0.3, 0.4) is 0 Å². The van der Waals surface area contributed by atoms with Crippen molar-refractivity contribution in [2.24, 2.45) is 0 Å². The van der Waals surface area contributed by atoms with Crippen LogP contribution in [0.1, 0.15) is 59.6 Å². The van der Waals surface area contributed by atoms with Crippen molar-refractivity contribution in [3.05, 3.63) is 64.5 Å². The van der Waals surface area contributed by atoms with Crippen LogP contribution in [0.15, 0.2) is 40.9 Å². The summed E-state index contributed by atoms with van der Waals surface area (Å²) in [6, 6.07) is 11.0. The van der Waals surface area contributed by atoms with E-state index in [1.54, 1.807) is 32.4 Å². The van der Waals surface area contributed by atoms with Crippen LogP contribution in [0.5, 0.6) is 23.0 Å². The zero-order chi connectivity index (χ0) is 26.1. The summed E-state index contributed by atoms with van der Waals surface area (Å²) in [4.78, 5) is 15.3. The Morgan fingerprint density at radius 3 is 2.25 bits per heavy atom. The molecule has 1 heterocycles. The number of aryl methyl sites for hydroxylation is 2. The number of rotatable bonds is 13. The van der Waals surface area contributed by atoms with E-state index in [4.69, 9.17) is 23.5 Å². The molecule has 0 unspecified atom stereocenters. The van der Waals surface area contributed by atoms with Gasteiger partial charge in [-0.25, -0.2) is 0 Å². The molecule has 3 rings (SSSR count). The quantitative estimate of drug-likeness (QED) is 0.299. The molecule has 1 aromatic heterocycles. The lowest BCUT2D eigenvalue weighted by Crippen LogP contribution is -2.31. The lowest BCUT2D eigenvalue weighted by atomic mass is 10.1. The van der Waals surface area contributed by atoms with Gasteiger partial charge in [-0.1, -0.05) is 25.1 Å². The van der Waals surface area contributed by atoms with E-state index in [9.17, 15) is 4.79 Å². The van der Waals surface area contributed by atoms with Gasteiger partial charge in [-0.3, -0.25) is 4.79 Å². The Bertz CT molecular complexity index is 1140. The molecule has 8 heteroatoms. The Labute approximate surface area is 213 Å². The monoisotopic (exact) mass is 496 g/mol. The van der Waals surface area contributed by atoms with Crippen LogP contribution in [0, 0.1) is 13.8 Å². The number of benzene rings is 2.